The van der Waals surface area contributed by atoms with Crippen LogP contribution in [-0.4, -0.2) is 28.9 Å². The highest BCUT2D eigenvalue weighted by Crippen LogP contribution is 2.30. The predicted octanol–water partition coefficient (Wildman–Crippen LogP) is 2.94. The highest BCUT2D eigenvalue weighted by atomic mass is 16.6. The predicted molar refractivity (Wildman–Crippen MR) is 71.7 cm³/mol. The van der Waals surface area contributed by atoms with E-state index in [1.165, 1.54) is 4.90 Å². The molecule has 4 heteroatoms. The van der Waals surface area contributed by atoms with Crippen molar-refractivity contribution in [2.24, 2.45) is 0 Å². The van der Waals surface area contributed by atoms with Gasteiger partial charge in [0.15, 0.2) is 5.78 Å². The molecule has 1 saturated heterocycles. The molecule has 1 aromatic carbocycles. The van der Waals surface area contributed by atoms with Gasteiger partial charge >= 0.3 is 6.09 Å². The molecule has 0 saturated carbocycles. The van der Waals surface area contributed by atoms with Crippen LogP contribution in [0.2, 0.25) is 0 Å². The van der Waals surface area contributed by atoms with Crippen molar-refractivity contribution in [3.05, 3.63) is 35.9 Å². The van der Waals surface area contributed by atoms with Gasteiger partial charge in [-0.2, -0.15) is 0 Å². The third kappa shape index (κ3) is 3.13. The van der Waals surface area contributed by atoms with Crippen LogP contribution >= 0.6 is 0 Å². The lowest BCUT2D eigenvalue weighted by Gasteiger charge is -2.28. The van der Waals surface area contributed by atoms with Gasteiger partial charge in [-0.1, -0.05) is 30.3 Å². The van der Waals surface area contributed by atoms with Crippen LogP contribution in [0.4, 0.5) is 4.79 Å². The van der Waals surface area contributed by atoms with Gasteiger partial charge in [0.05, 0.1) is 0 Å². The van der Waals surface area contributed by atoms with Crippen molar-refractivity contribution in [2.45, 2.75) is 38.8 Å². The van der Waals surface area contributed by atoms with Crippen LogP contribution in [0.5, 0.6) is 0 Å². The molecule has 4 nitrogen and oxygen atoms in total. The van der Waals surface area contributed by atoms with Gasteiger partial charge in [-0.25, -0.2) is 4.79 Å². The molecule has 102 valence electrons. The molecule has 19 heavy (non-hydrogen) atoms. The summed E-state index contributed by atoms with van der Waals surface area (Å²) in [7, 11) is 0. The fourth-order valence-electron chi connectivity index (χ4n) is 2.19. The number of carbonyl (C=O) groups excluding carboxylic acids is 2. The maximum Gasteiger partial charge on any atom is 0.411 e. The fraction of sp³-hybridized carbons (Fsp3) is 0.467. The summed E-state index contributed by atoms with van der Waals surface area (Å²) in [5.41, 5.74) is 0.292. The molecule has 0 bridgehead atoms. The minimum atomic E-state index is -0.552. The number of hydrogen-bond donors (Lipinski definition) is 0. The number of ketones is 1. The number of Topliss-reactive ketones (excluding diaryl/α,β-unsaturated/α-hetero) is 1. The molecule has 0 aliphatic carbocycles. The van der Waals surface area contributed by atoms with Gasteiger partial charge in [0.1, 0.15) is 11.6 Å². The molecule has 1 amide bonds. The van der Waals surface area contributed by atoms with Crippen molar-refractivity contribution in [1.82, 2.24) is 4.90 Å². The van der Waals surface area contributed by atoms with E-state index < -0.39 is 17.7 Å². The smallest absolute Gasteiger partial charge is 0.411 e. The number of rotatable bonds is 1. The van der Waals surface area contributed by atoms with E-state index in [9.17, 15) is 9.59 Å². The largest absolute Gasteiger partial charge is 0.444 e. The highest BCUT2D eigenvalue weighted by Gasteiger charge is 2.38. The van der Waals surface area contributed by atoms with Crippen LogP contribution < -0.4 is 0 Å². The summed E-state index contributed by atoms with van der Waals surface area (Å²) in [5, 5.41) is 0. The fourth-order valence-corrected chi connectivity index (χ4v) is 2.19. The quantitative estimate of drug-likeness (QED) is 0.780. The summed E-state index contributed by atoms with van der Waals surface area (Å²) in [5.74, 6) is 0.0667. The van der Waals surface area contributed by atoms with Gasteiger partial charge in [0.2, 0.25) is 0 Å². The summed E-state index contributed by atoms with van der Waals surface area (Å²) < 4.78 is 5.36. The van der Waals surface area contributed by atoms with Crippen molar-refractivity contribution in [3.63, 3.8) is 0 Å². The zero-order valence-corrected chi connectivity index (χ0v) is 11.6. The van der Waals surface area contributed by atoms with E-state index in [2.05, 4.69) is 0 Å². The molecule has 0 N–H and O–H groups in total. The maximum atomic E-state index is 12.1. The molecule has 1 atom stereocenters. The van der Waals surface area contributed by atoms with E-state index in [4.69, 9.17) is 4.74 Å². The number of likely N-dealkylation sites (tertiary alicyclic amines) is 1. The van der Waals surface area contributed by atoms with Crippen LogP contribution in [0.1, 0.15) is 38.8 Å². The third-order valence-electron chi connectivity index (χ3n) is 2.96. The number of amides is 1. The molecule has 1 aliphatic rings. The first kappa shape index (κ1) is 13.6. The Morgan fingerprint density at radius 2 is 1.89 bits per heavy atom. The van der Waals surface area contributed by atoms with Gasteiger partial charge in [0, 0.05) is 13.0 Å². The Bertz CT molecular complexity index is 476. The second kappa shape index (κ2) is 5.03. The van der Waals surface area contributed by atoms with Crippen LogP contribution in [0.25, 0.3) is 0 Å². The Labute approximate surface area is 113 Å². The summed E-state index contributed by atoms with van der Waals surface area (Å²) in [6.45, 7) is 5.88. The maximum absolute atomic E-state index is 12.1. The Morgan fingerprint density at radius 1 is 1.26 bits per heavy atom. The number of nitrogens with zero attached hydrogens (tertiary/aromatic N) is 1. The second-order valence-corrected chi connectivity index (χ2v) is 5.70. The van der Waals surface area contributed by atoms with E-state index in [0.717, 1.165) is 5.56 Å². The van der Waals surface area contributed by atoms with Crippen LogP contribution in [0.15, 0.2) is 30.3 Å². The first-order chi connectivity index (χ1) is 8.88. The second-order valence-electron chi connectivity index (χ2n) is 5.70. The average molecular weight is 261 g/mol. The topological polar surface area (TPSA) is 46.6 Å². The first-order valence-electron chi connectivity index (χ1n) is 6.46. The van der Waals surface area contributed by atoms with E-state index >= 15 is 0 Å². The molecule has 1 aromatic rings. The zero-order valence-electron chi connectivity index (χ0n) is 11.6. The van der Waals surface area contributed by atoms with Gasteiger partial charge in [-0.05, 0) is 26.3 Å². The Balaban J connectivity index is 2.21. The minimum absolute atomic E-state index is 0.0667. The van der Waals surface area contributed by atoms with Crippen molar-refractivity contribution >= 4 is 11.9 Å². The van der Waals surface area contributed by atoms with Crippen molar-refractivity contribution in [1.29, 1.82) is 0 Å². The van der Waals surface area contributed by atoms with Crippen LogP contribution in [-0.2, 0) is 9.53 Å². The van der Waals surface area contributed by atoms with Gasteiger partial charge < -0.3 is 4.74 Å². The first-order valence-corrected chi connectivity index (χ1v) is 6.46. The normalized spacial score (nSPS) is 19.6. The van der Waals surface area contributed by atoms with Crippen LogP contribution in [0, 0.1) is 0 Å². The lowest BCUT2D eigenvalue weighted by Crippen LogP contribution is -2.37. The Hall–Kier alpha value is -1.84. The van der Waals surface area contributed by atoms with Crippen LogP contribution in [0.3, 0.4) is 0 Å². The lowest BCUT2D eigenvalue weighted by molar-refractivity contribution is -0.120. The molecular formula is C15H19NO3. The molecule has 0 radical (unpaired) electrons. The molecule has 0 spiro atoms. The molecule has 1 fully saturated rings. The van der Waals surface area contributed by atoms with Crippen molar-refractivity contribution in [2.75, 3.05) is 6.54 Å². The number of ether oxygens (including phenoxy) is 1. The molecule has 0 unspecified atom stereocenters. The number of benzene rings is 1. The molecule has 2 rings (SSSR count). The van der Waals surface area contributed by atoms with Gasteiger partial charge in [0.25, 0.3) is 0 Å². The van der Waals surface area contributed by atoms with E-state index in [-0.39, 0.29) is 5.78 Å². The zero-order chi connectivity index (χ0) is 14.0. The Morgan fingerprint density at radius 3 is 2.47 bits per heavy atom. The summed E-state index contributed by atoms with van der Waals surface area (Å²) in [6.07, 6.45) is -0.0362. The molecular weight excluding hydrogens is 242 g/mol. The SMILES string of the molecule is CC(C)(C)OC(=O)N1CCC(=O)[C@@H]1c1ccccc1. The van der Waals surface area contributed by atoms with Gasteiger partial charge in [-0.15, -0.1) is 0 Å². The number of hydrogen-bond acceptors (Lipinski definition) is 3. The standard InChI is InChI=1S/C15H19NO3/c1-15(2,3)19-14(18)16-10-9-12(17)13(16)11-7-5-4-6-8-11/h4-8,13H,9-10H2,1-3H3/t13-/m0/s1. The summed E-state index contributed by atoms with van der Waals surface area (Å²) >= 11 is 0. The van der Waals surface area contributed by atoms with Gasteiger partial charge in [-0.3, -0.25) is 9.69 Å². The molecule has 1 aliphatic heterocycles. The van der Waals surface area contributed by atoms with Crippen molar-refractivity contribution in [3.8, 4) is 0 Å². The lowest BCUT2D eigenvalue weighted by atomic mass is 10.0. The molecule has 0 aromatic heterocycles. The van der Waals surface area contributed by atoms with E-state index in [0.29, 0.717) is 13.0 Å². The summed E-state index contributed by atoms with van der Waals surface area (Å²) in [6, 6.07) is 8.86. The monoisotopic (exact) mass is 261 g/mol. The highest BCUT2D eigenvalue weighted by molar-refractivity contribution is 5.91. The number of carbonyl (C=O) groups is 2. The molecule has 1 heterocycles. The Kier molecular flexibility index (Phi) is 3.60. The third-order valence-corrected chi connectivity index (χ3v) is 2.96. The minimum Gasteiger partial charge on any atom is -0.444 e. The average Bonchev–Trinajstić information content (AvgIpc) is 2.70. The van der Waals surface area contributed by atoms with Crippen molar-refractivity contribution < 1.29 is 14.3 Å². The van der Waals surface area contributed by atoms with E-state index in [1.54, 1.807) is 0 Å². The van der Waals surface area contributed by atoms with E-state index in [1.807, 2.05) is 51.1 Å². The summed E-state index contributed by atoms with van der Waals surface area (Å²) in [4.78, 5) is 25.7.